The number of hydrogen-bond donors (Lipinski definition) is 0. The molecule has 0 saturated heterocycles. The molecule has 0 saturated carbocycles. The van der Waals surface area contributed by atoms with Gasteiger partial charge in [0, 0.05) is 11.8 Å². The lowest BCUT2D eigenvalue weighted by Gasteiger charge is -2.10. The normalized spacial score (nSPS) is 11.2. The number of aryl methyl sites for hydroxylation is 1. The maximum Gasteiger partial charge on any atom is 0.143 e. The van der Waals surface area contributed by atoms with Crippen molar-refractivity contribution in [3.63, 3.8) is 0 Å². The van der Waals surface area contributed by atoms with Crippen LogP contribution >= 0.6 is 11.6 Å². The van der Waals surface area contributed by atoms with E-state index in [0.29, 0.717) is 11.6 Å². The Morgan fingerprint density at radius 1 is 1.29 bits per heavy atom. The van der Waals surface area contributed by atoms with E-state index in [4.69, 9.17) is 11.6 Å². The van der Waals surface area contributed by atoms with Crippen molar-refractivity contribution in [1.82, 2.24) is 9.78 Å². The summed E-state index contributed by atoms with van der Waals surface area (Å²) < 4.78 is 15.2. The number of rotatable bonds is 2. The van der Waals surface area contributed by atoms with E-state index in [-0.39, 0.29) is 5.02 Å². The van der Waals surface area contributed by atoms with Gasteiger partial charge in [-0.25, -0.2) is 9.07 Å². The van der Waals surface area contributed by atoms with Crippen molar-refractivity contribution in [2.24, 2.45) is 0 Å². The summed E-state index contributed by atoms with van der Waals surface area (Å²) in [5.41, 5.74) is 2.68. The minimum atomic E-state index is -0.424. The van der Waals surface area contributed by atoms with Crippen LogP contribution in [0.4, 0.5) is 4.39 Å². The van der Waals surface area contributed by atoms with E-state index in [1.165, 1.54) is 6.07 Å². The molecule has 0 atom stereocenters. The monoisotopic (exact) mass is 252 g/mol. The molecular formula is C13H14ClFN2. The minimum Gasteiger partial charge on any atom is -0.237 e. The number of halogens is 2. The Bertz CT molecular complexity index is 546. The first-order valence-corrected chi connectivity index (χ1v) is 5.89. The van der Waals surface area contributed by atoms with Gasteiger partial charge in [0.2, 0.25) is 0 Å². The van der Waals surface area contributed by atoms with Gasteiger partial charge in [0.15, 0.2) is 0 Å². The summed E-state index contributed by atoms with van der Waals surface area (Å²) in [7, 11) is 0. The zero-order valence-electron chi connectivity index (χ0n) is 10.0. The van der Waals surface area contributed by atoms with Crippen LogP contribution in [0.2, 0.25) is 5.02 Å². The Kier molecular flexibility index (Phi) is 3.20. The van der Waals surface area contributed by atoms with E-state index in [9.17, 15) is 4.39 Å². The average Bonchev–Trinajstić information content (AvgIpc) is 2.64. The highest BCUT2D eigenvalue weighted by Gasteiger charge is 2.12. The van der Waals surface area contributed by atoms with E-state index in [0.717, 1.165) is 11.4 Å². The summed E-state index contributed by atoms with van der Waals surface area (Å²) in [6.07, 6.45) is 0. The molecule has 2 aromatic rings. The van der Waals surface area contributed by atoms with Gasteiger partial charge in [0.25, 0.3) is 0 Å². The van der Waals surface area contributed by atoms with Crippen LogP contribution in [0.1, 0.15) is 31.2 Å². The Hall–Kier alpha value is -1.35. The Labute approximate surface area is 105 Å². The van der Waals surface area contributed by atoms with Crippen molar-refractivity contribution in [2.75, 3.05) is 0 Å². The van der Waals surface area contributed by atoms with Crippen molar-refractivity contribution in [3.8, 4) is 5.69 Å². The van der Waals surface area contributed by atoms with Crippen LogP contribution in [0.25, 0.3) is 5.69 Å². The number of benzene rings is 1. The van der Waals surface area contributed by atoms with Crippen molar-refractivity contribution in [2.45, 2.75) is 26.7 Å². The van der Waals surface area contributed by atoms with Crippen LogP contribution in [0.15, 0.2) is 24.3 Å². The van der Waals surface area contributed by atoms with Gasteiger partial charge >= 0.3 is 0 Å². The second-order valence-electron chi connectivity index (χ2n) is 4.38. The molecule has 0 bridgehead atoms. The molecule has 0 radical (unpaired) electrons. The van der Waals surface area contributed by atoms with Gasteiger partial charge in [0.1, 0.15) is 5.82 Å². The molecule has 0 aliphatic heterocycles. The molecule has 2 rings (SSSR count). The Balaban J connectivity index is 2.55. The van der Waals surface area contributed by atoms with Crippen LogP contribution in [0.5, 0.6) is 0 Å². The van der Waals surface area contributed by atoms with E-state index in [1.54, 1.807) is 16.8 Å². The molecule has 2 nitrogen and oxygen atoms in total. The van der Waals surface area contributed by atoms with Gasteiger partial charge < -0.3 is 0 Å². The smallest absolute Gasteiger partial charge is 0.143 e. The van der Waals surface area contributed by atoms with Gasteiger partial charge in [-0.15, -0.1) is 0 Å². The maximum atomic E-state index is 13.4. The number of nitrogens with zero attached hydrogens (tertiary/aromatic N) is 2. The molecule has 17 heavy (non-hydrogen) atoms. The van der Waals surface area contributed by atoms with Crippen molar-refractivity contribution < 1.29 is 4.39 Å². The van der Waals surface area contributed by atoms with Crippen molar-refractivity contribution in [1.29, 1.82) is 0 Å². The third-order valence-electron chi connectivity index (χ3n) is 2.60. The standard InChI is InChI=1S/C13H14ClFN2/c1-8(2)13-6-9(3)16-17(13)10-4-5-11(14)12(15)7-10/h4-8H,1-3H3. The summed E-state index contributed by atoms with van der Waals surface area (Å²) >= 11 is 5.67. The van der Waals surface area contributed by atoms with Gasteiger partial charge in [0.05, 0.1) is 16.4 Å². The lowest BCUT2D eigenvalue weighted by atomic mass is 10.1. The molecule has 0 unspecified atom stereocenters. The predicted octanol–water partition coefficient (Wildman–Crippen LogP) is 4.10. The highest BCUT2D eigenvalue weighted by molar-refractivity contribution is 6.30. The fraction of sp³-hybridized carbons (Fsp3) is 0.308. The summed E-state index contributed by atoms with van der Waals surface area (Å²) in [4.78, 5) is 0. The Morgan fingerprint density at radius 2 is 2.00 bits per heavy atom. The van der Waals surface area contributed by atoms with Crippen LogP contribution in [0.3, 0.4) is 0 Å². The van der Waals surface area contributed by atoms with Crippen LogP contribution in [0, 0.1) is 12.7 Å². The maximum absolute atomic E-state index is 13.4. The lowest BCUT2D eigenvalue weighted by molar-refractivity contribution is 0.624. The Morgan fingerprint density at radius 3 is 2.59 bits per heavy atom. The molecule has 0 amide bonds. The molecule has 4 heteroatoms. The predicted molar refractivity (Wildman–Crippen MR) is 67.4 cm³/mol. The van der Waals surface area contributed by atoms with Gasteiger partial charge in [-0.3, -0.25) is 0 Å². The molecule has 1 heterocycles. The number of aromatic nitrogens is 2. The zero-order chi connectivity index (χ0) is 12.6. The molecule has 1 aromatic heterocycles. The van der Waals surface area contributed by atoms with E-state index in [2.05, 4.69) is 18.9 Å². The minimum absolute atomic E-state index is 0.128. The molecular weight excluding hydrogens is 239 g/mol. The average molecular weight is 253 g/mol. The van der Waals surface area contributed by atoms with E-state index < -0.39 is 5.82 Å². The molecule has 0 aliphatic carbocycles. The topological polar surface area (TPSA) is 17.8 Å². The SMILES string of the molecule is Cc1cc(C(C)C)n(-c2ccc(Cl)c(F)c2)n1. The van der Waals surface area contributed by atoms with E-state index in [1.807, 2.05) is 13.0 Å². The lowest BCUT2D eigenvalue weighted by Crippen LogP contribution is -2.04. The summed E-state index contributed by atoms with van der Waals surface area (Å²) in [5.74, 6) is -0.0954. The van der Waals surface area contributed by atoms with Gasteiger partial charge in [-0.05, 0) is 31.0 Å². The molecule has 90 valence electrons. The van der Waals surface area contributed by atoms with Crippen LogP contribution in [-0.4, -0.2) is 9.78 Å². The molecule has 0 aliphatic rings. The quantitative estimate of drug-likeness (QED) is 0.787. The summed E-state index contributed by atoms with van der Waals surface area (Å²) in [6, 6.07) is 6.73. The second kappa shape index (κ2) is 4.49. The highest BCUT2D eigenvalue weighted by Crippen LogP contribution is 2.23. The largest absolute Gasteiger partial charge is 0.237 e. The first-order valence-electron chi connectivity index (χ1n) is 5.51. The third-order valence-corrected chi connectivity index (χ3v) is 2.90. The summed E-state index contributed by atoms with van der Waals surface area (Å²) in [5, 5.41) is 4.51. The number of hydrogen-bond acceptors (Lipinski definition) is 1. The fourth-order valence-corrected chi connectivity index (χ4v) is 1.87. The highest BCUT2D eigenvalue weighted by atomic mass is 35.5. The van der Waals surface area contributed by atoms with Gasteiger partial charge in [-0.1, -0.05) is 25.4 Å². The first kappa shape index (κ1) is 12.1. The summed E-state index contributed by atoms with van der Waals surface area (Å²) in [6.45, 7) is 6.09. The van der Waals surface area contributed by atoms with Crippen molar-refractivity contribution in [3.05, 3.63) is 46.5 Å². The third kappa shape index (κ3) is 2.34. The van der Waals surface area contributed by atoms with Crippen LogP contribution in [-0.2, 0) is 0 Å². The van der Waals surface area contributed by atoms with Crippen LogP contribution < -0.4 is 0 Å². The molecule has 0 N–H and O–H groups in total. The van der Waals surface area contributed by atoms with Gasteiger partial charge in [-0.2, -0.15) is 5.10 Å². The zero-order valence-corrected chi connectivity index (χ0v) is 10.8. The molecule has 0 spiro atoms. The van der Waals surface area contributed by atoms with Crippen molar-refractivity contribution >= 4 is 11.6 Å². The fourth-order valence-electron chi connectivity index (χ4n) is 1.75. The molecule has 1 aromatic carbocycles. The second-order valence-corrected chi connectivity index (χ2v) is 4.78. The molecule has 0 fully saturated rings. The van der Waals surface area contributed by atoms with E-state index >= 15 is 0 Å². The first-order chi connectivity index (χ1) is 7.99.